The molecule has 0 radical (unpaired) electrons. The average Bonchev–Trinajstić information content (AvgIpc) is 2.80. The van der Waals surface area contributed by atoms with Gasteiger partial charge in [0.1, 0.15) is 6.10 Å². The second-order valence-corrected chi connectivity index (χ2v) is 4.78. The highest BCUT2D eigenvalue weighted by Crippen LogP contribution is 2.41. The minimum absolute atomic E-state index is 0.0214. The predicted octanol–water partition coefficient (Wildman–Crippen LogP) is 0.317. The van der Waals surface area contributed by atoms with E-state index in [-0.39, 0.29) is 18.0 Å². The smallest absolute Gasteiger partial charge is 0.311 e. The van der Waals surface area contributed by atoms with Gasteiger partial charge in [-0.3, -0.25) is 4.79 Å². The Balaban J connectivity index is 1.52. The highest BCUT2D eigenvalue weighted by Gasteiger charge is 2.51. The number of esters is 1. The van der Waals surface area contributed by atoms with E-state index < -0.39 is 0 Å². The molecule has 84 valence electrons. The van der Waals surface area contributed by atoms with Gasteiger partial charge < -0.3 is 14.8 Å². The summed E-state index contributed by atoms with van der Waals surface area (Å²) in [6.45, 7) is 2.46. The molecule has 4 aliphatic rings. The van der Waals surface area contributed by atoms with Crippen molar-refractivity contribution >= 4 is 5.97 Å². The van der Waals surface area contributed by atoms with Crippen molar-refractivity contribution in [2.24, 2.45) is 11.8 Å². The molecule has 3 atom stereocenters. The molecule has 1 aliphatic carbocycles. The maximum Gasteiger partial charge on any atom is 0.311 e. The zero-order valence-electron chi connectivity index (χ0n) is 8.78. The molecule has 1 saturated carbocycles. The lowest BCUT2D eigenvalue weighted by molar-refractivity contribution is -0.163. The molecule has 0 aromatic rings. The minimum Gasteiger partial charge on any atom is -0.462 e. The number of carbonyl (C=O) groups is 1. The van der Waals surface area contributed by atoms with Crippen LogP contribution in [0, 0.1) is 11.8 Å². The van der Waals surface area contributed by atoms with Crippen LogP contribution in [0.3, 0.4) is 0 Å². The molecular formula is C11H17NO3. The molecule has 3 saturated heterocycles. The van der Waals surface area contributed by atoms with Crippen LogP contribution in [-0.2, 0) is 14.3 Å². The molecule has 2 bridgehead atoms. The van der Waals surface area contributed by atoms with Crippen LogP contribution in [-0.4, -0.2) is 37.9 Å². The van der Waals surface area contributed by atoms with Gasteiger partial charge >= 0.3 is 5.97 Å². The van der Waals surface area contributed by atoms with Gasteiger partial charge in [0.05, 0.1) is 19.1 Å². The Morgan fingerprint density at radius 3 is 2.73 bits per heavy atom. The Bertz CT molecular complexity index is 249. The lowest BCUT2D eigenvalue weighted by Gasteiger charge is -2.34. The summed E-state index contributed by atoms with van der Waals surface area (Å²) in [5.74, 6) is 0.711. The SMILES string of the molecule is O=C(OC1CCOCC1)C1[C@@H]2CN[C@H]1C2. The fourth-order valence-corrected chi connectivity index (χ4v) is 2.87. The van der Waals surface area contributed by atoms with E-state index in [1.54, 1.807) is 0 Å². The van der Waals surface area contributed by atoms with Gasteiger partial charge in [-0.1, -0.05) is 0 Å². The number of carbonyl (C=O) groups excluding carboxylic acids is 1. The summed E-state index contributed by atoms with van der Waals surface area (Å²) >= 11 is 0. The van der Waals surface area contributed by atoms with Crippen LogP contribution in [0.1, 0.15) is 19.3 Å². The van der Waals surface area contributed by atoms with E-state index in [2.05, 4.69) is 5.32 Å². The Kier molecular flexibility index (Phi) is 2.41. The first-order valence-corrected chi connectivity index (χ1v) is 5.86. The molecule has 0 amide bonds. The predicted molar refractivity (Wildman–Crippen MR) is 53.3 cm³/mol. The highest BCUT2D eigenvalue weighted by atomic mass is 16.6. The van der Waals surface area contributed by atoms with Gasteiger partial charge in [0.15, 0.2) is 0 Å². The van der Waals surface area contributed by atoms with Crippen molar-refractivity contribution in [2.45, 2.75) is 31.4 Å². The zero-order valence-corrected chi connectivity index (χ0v) is 8.78. The third-order valence-electron chi connectivity index (χ3n) is 3.86. The molecule has 3 heterocycles. The molecule has 15 heavy (non-hydrogen) atoms. The second kappa shape index (κ2) is 3.76. The van der Waals surface area contributed by atoms with E-state index in [1.165, 1.54) is 0 Å². The summed E-state index contributed by atoms with van der Waals surface area (Å²) in [5.41, 5.74) is 0. The van der Waals surface area contributed by atoms with Crippen LogP contribution >= 0.6 is 0 Å². The number of fused-ring (bicyclic) bond motifs is 1. The van der Waals surface area contributed by atoms with Crippen molar-refractivity contribution in [2.75, 3.05) is 19.8 Å². The van der Waals surface area contributed by atoms with E-state index in [4.69, 9.17) is 9.47 Å². The monoisotopic (exact) mass is 211 g/mol. The van der Waals surface area contributed by atoms with E-state index in [0.29, 0.717) is 12.0 Å². The Labute approximate surface area is 89.3 Å². The first-order valence-electron chi connectivity index (χ1n) is 5.86. The summed E-state index contributed by atoms with van der Waals surface area (Å²) in [6, 6.07) is 0.405. The van der Waals surface area contributed by atoms with Gasteiger partial charge in [0.2, 0.25) is 0 Å². The Morgan fingerprint density at radius 1 is 1.33 bits per heavy atom. The van der Waals surface area contributed by atoms with Gasteiger partial charge in [-0.2, -0.15) is 0 Å². The van der Waals surface area contributed by atoms with E-state index in [0.717, 1.165) is 39.0 Å². The van der Waals surface area contributed by atoms with E-state index in [9.17, 15) is 4.79 Å². The van der Waals surface area contributed by atoms with Crippen LogP contribution < -0.4 is 5.32 Å². The molecule has 1 N–H and O–H groups in total. The topological polar surface area (TPSA) is 47.6 Å². The van der Waals surface area contributed by atoms with Crippen LogP contribution in [0.2, 0.25) is 0 Å². The van der Waals surface area contributed by atoms with Gasteiger partial charge in [0, 0.05) is 18.9 Å². The van der Waals surface area contributed by atoms with Crippen LogP contribution in [0.15, 0.2) is 0 Å². The van der Waals surface area contributed by atoms with E-state index in [1.807, 2.05) is 0 Å². The van der Waals surface area contributed by atoms with Crippen molar-refractivity contribution < 1.29 is 14.3 Å². The normalized spacial score (nSPS) is 39.9. The Morgan fingerprint density at radius 2 is 2.13 bits per heavy atom. The molecule has 4 heteroatoms. The quantitative estimate of drug-likeness (QED) is 0.668. The number of ether oxygens (including phenoxy) is 2. The maximum atomic E-state index is 11.9. The van der Waals surface area contributed by atoms with Crippen LogP contribution in [0.4, 0.5) is 0 Å². The zero-order chi connectivity index (χ0) is 10.3. The summed E-state index contributed by atoms with van der Waals surface area (Å²) in [5, 5.41) is 3.34. The average molecular weight is 211 g/mol. The molecule has 4 rings (SSSR count). The van der Waals surface area contributed by atoms with Crippen molar-refractivity contribution in [3.05, 3.63) is 0 Å². The largest absolute Gasteiger partial charge is 0.462 e. The number of hydrogen-bond donors (Lipinski definition) is 1. The second-order valence-electron chi connectivity index (χ2n) is 4.78. The van der Waals surface area contributed by atoms with Crippen molar-refractivity contribution in [3.63, 3.8) is 0 Å². The molecule has 1 unspecified atom stereocenters. The summed E-state index contributed by atoms with van der Waals surface area (Å²) in [7, 11) is 0. The van der Waals surface area contributed by atoms with Gasteiger partial charge in [-0.15, -0.1) is 0 Å². The van der Waals surface area contributed by atoms with E-state index >= 15 is 0 Å². The highest BCUT2D eigenvalue weighted by molar-refractivity contribution is 5.75. The first-order chi connectivity index (χ1) is 7.34. The fourth-order valence-electron chi connectivity index (χ4n) is 2.87. The summed E-state index contributed by atoms with van der Waals surface area (Å²) in [4.78, 5) is 11.9. The molecule has 4 fully saturated rings. The van der Waals surface area contributed by atoms with Gasteiger partial charge in [0.25, 0.3) is 0 Å². The summed E-state index contributed by atoms with van der Waals surface area (Å²) in [6.07, 6.45) is 2.99. The van der Waals surface area contributed by atoms with Crippen molar-refractivity contribution in [1.29, 1.82) is 0 Å². The fraction of sp³-hybridized carbons (Fsp3) is 0.909. The lowest BCUT2D eigenvalue weighted by atomic mass is 9.74. The van der Waals surface area contributed by atoms with Crippen LogP contribution in [0.25, 0.3) is 0 Å². The van der Waals surface area contributed by atoms with Gasteiger partial charge in [-0.25, -0.2) is 0 Å². The summed E-state index contributed by atoms with van der Waals surface area (Å²) < 4.78 is 10.8. The third kappa shape index (κ3) is 1.66. The third-order valence-corrected chi connectivity index (χ3v) is 3.86. The maximum absolute atomic E-state index is 11.9. The molecule has 0 spiro atoms. The number of nitrogens with one attached hydrogen (secondary N) is 1. The van der Waals surface area contributed by atoms with Crippen molar-refractivity contribution in [3.8, 4) is 0 Å². The molecule has 0 aromatic heterocycles. The molecular weight excluding hydrogens is 194 g/mol. The molecule has 4 nitrogen and oxygen atoms in total. The first kappa shape index (κ1) is 9.60. The van der Waals surface area contributed by atoms with Crippen molar-refractivity contribution in [1.82, 2.24) is 5.32 Å². The standard InChI is InChI=1S/C11H17NO3/c13-11(10-7-5-9(10)12-6-7)15-8-1-3-14-4-2-8/h7-10,12H,1-6H2/t7-,9-,10?/m0/s1. The molecule has 0 aromatic carbocycles. The lowest BCUT2D eigenvalue weighted by Crippen LogP contribution is -2.44. The van der Waals surface area contributed by atoms with Gasteiger partial charge in [-0.05, 0) is 18.9 Å². The molecule has 3 aliphatic heterocycles. The number of hydrogen-bond acceptors (Lipinski definition) is 4. The van der Waals surface area contributed by atoms with Crippen LogP contribution in [0.5, 0.6) is 0 Å². The Hall–Kier alpha value is -0.610. The minimum atomic E-state index is 0.0214. The number of rotatable bonds is 2.